The zero-order valence-electron chi connectivity index (χ0n) is 8.71. The van der Waals surface area contributed by atoms with Gasteiger partial charge in [0.2, 0.25) is 0 Å². The minimum Gasteiger partial charge on any atom is -0.128 e. The Balaban J connectivity index is 2.50. The highest BCUT2D eigenvalue weighted by Crippen LogP contribution is 2.33. The molecule has 0 unspecified atom stereocenters. The Kier molecular flexibility index (Phi) is 3.95. The fourth-order valence-corrected chi connectivity index (χ4v) is 3.10. The van der Waals surface area contributed by atoms with Crippen molar-refractivity contribution < 1.29 is 0 Å². The van der Waals surface area contributed by atoms with Crippen molar-refractivity contribution in [3.63, 3.8) is 0 Å². The number of rotatable bonds is 2. The van der Waals surface area contributed by atoms with E-state index < -0.39 is 0 Å². The van der Waals surface area contributed by atoms with E-state index in [1.165, 1.54) is 4.90 Å². The van der Waals surface area contributed by atoms with Crippen LogP contribution < -0.4 is 0 Å². The van der Waals surface area contributed by atoms with Gasteiger partial charge in [-0.1, -0.05) is 35.9 Å². The molecule has 0 atom stereocenters. The molecular weight excluding hydrogens is 304 g/mol. The van der Waals surface area contributed by atoms with Gasteiger partial charge in [0.25, 0.3) is 0 Å². The van der Waals surface area contributed by atoms with Crippen LogP contribution in [0.4, 0.5) is 0 Å². The van der Waals surface area contributed by atoms with E-state index >= 15 is 0 Å². The molecule has 0 saturated carbocycles. The second-order valence-corrected chi connectivity index (χ2v) is 5.44. The van der Waals surface area contributed by atoms with Crippen LogP contribution in [0, 0.1) is 0 Å². The zero-order chi connectivity index (χ0) is 11.5. The molecular formula is C13H10BrClS. The smallest absolute Gasteiger partial charge is 0.0484 e. The van der Waals surface area contributed by atoms with Gasteiger partial charge in [-0.3, -0.25) is 0 Å². The van der Waals surface area contributed by atoms with Crippen LogP contribution in [0.25, 0.3) is 11.1 Å². The highest BCUT2D eigenvalue weighted by atomic mass is 79.9. The van der Waals surface area contributed by atoms with Crippen LogP contribution >= 0.6 is 39.3 Å². The van der Waals surface area contributed by atoms with Gasteiger partial charge in [-0.05, 0) is 45.9 Å². The molecule has 0 aliphatic rings. The van der Waals surface area contributed by atoms with Crippen molar-refractivity contribution in [2.24, 2.45) is 0 Å². The van der Waals surface area contributed by atoms with Gasteiger partial charge in [0.15, 0.2) is 0 Å². The quantitative estimate of drug-likeness (QED) is 0.660. The van der Waals surface area contributed by atoms with E-state index in [-0.39, 0.29) is 0 Å². The van der Waals surface area contributed by atoms with E-state index in [0.717, 1.165) is 20.6 Å². The summed E-state index contributed by atoms with van der Waals surface area (Å²) in [5, 5.41) is 0.784. The topological polar surface area (TPSA) is 0 Å². The maximum Gasteiger partial charge on any atom is 0.0484 e. The van der Waals surface area contributed by atoms with Gasteiger partial charge in [0, 0.05) is 20.0 Å². The summed E-state index contributed by atoms with van der Waals surface area (Å²) in [5.74, 6) is 0. The first-order valence-corrected chi connectivity index (χ1v) is 7.20. The normalized spacial score (nSPS) is 10.4. The number of thioether (sulfide) groups is 1. The van der Waals surface area contributed by atoms with Crippen LogP contribution in [-0.2, 0) is 0 Å². The third-order valence-corrected chi connectivity index (χ3v) is 4.38. The minimum atomic E-state index is 0.784. The van der Waals surface area contributed by atoms with Crippen LogP contribution in [0.5, 0.6) is 0 Å². The molecule has 0 aliphatic heterocycles. The van der Waals surface area contributed by atoms with E-state index in [1.807, 2.05) is 24.3 Å². The Morgan fingerprint density at radius 2 is 1.88 bits per heavy atom. The number of hydrogen-bond donors (Lipinski definition) is 0. The molecule has 0 radical (unpaired) electrons. The van der Waals surface area contributed by atoms with E-state index in [1.54, 1.807) is 11.8 Å². The van der Waals surface area contributed by atoms with Gasteiger partial charge >= 0.3 is 0 Å². The third kappa shape index (κ3) is 2.45. The molecule has 16 heavy (non-hydrogen) atoms. The molecule has 0 heterocycles. The van der Waals surface area contributed by atoms with Crippen molar-refractivity contribution >= 4 is 39.3 Å². The first-order chi connectivity index (χ1) is 7.72. The molecule has 0 spiro atoms. The molecule has 0 saturated heterocycles. The lowest BCUT2D eigenvalue weighted by atomic mass is 10.1. The van der Waals surface area contributed by atoms with E-state index in [2.05, 4.69) is 40.4 Å². The van der Waals surface area contributed by atoms with Crippen LogP contribution in [0.2, 0.25) is 5.02 Å². The first kappa shape index (κ1) is 12.0. The lowest BCUT2D eigenvalue weighted by Crippen LogP contribution is -1.81. The molecule has 0 aliphatic carbocycles. The van der Waals surface area contributed by atoms with Gasteiger partial charge in [0.1, 0.15) is 0 Å². The second-order valence-electron chi connectivity index (χ2n) is 3.33. The average molecular weight is 314 g/mol. The first-order valence-electron chi connectivity index (χ1n) is 4.81. The van der Waals surface area contributed by atoms with Crippen LogP contribution in [0.1, 0.15) is 0 Å². The maximum absolute atomic E-state index is 6.16. The molecule has 0 N–H and O–H groups in total. The predicted octanol–water partition coefficient (Wildman–Crippen LogP) is 5.49. The maximum atomic E-state index is 6.16. The Bertz CT molecular complexity index is 511. The van der Waals surface area contributed by atoms with Crippen molar-refractivity contribution in [2.45, 2.75) is 4.90 Å². The SMILES string of the molecule is CSc1ccc(-c2ccccc2Cl)cc1Br. The van der Waals surface area contributed by atoms with E-state index in [0.29, 0.717) is 0 Å². The Hall–Kier alpha value is -0.440. The largest absolute Gasteiger partial charge is 0.128 e. The Labute approximate surface area is 113 Å². The summed E-state index contributed by atoms with van der Waals surface area (Å²) in [6.07, 6.45) is 2.06. The van der Waals surface area contributed by atoms with Crippen molar-refractivity contribution in [2.75, 3.05) is 6.26 Å². The number of halogens is 2. The van der Waals surface area contributed by atoms with Crippen molar-refractivity contribution in [1.29, 1.82) is 0 Å². The standard InChI is InChI=1S/C13H10BrClS/c1-16-13-7-6-9(8-11(13)14)10-4-2-3-5-12(10)15/h2-8H,1H3. The summed E-state index contributed by atoms with van der Waals surface area (Å²) in [5.41, 5.74) is 2.20. The summed E-state index contributed by atoms with van der Waals surface area (Å²) in [6, 6.07) is 14.2. The van der Waals surface area contributed by atoms with Gasteiger partial charge in [-0.2, -0.15) is 0 Å². The number of benzene rings is 2. The van der Waals surface area contributed by atoms with Crippen molar-refractivity contribution in [1.82, 2.24) is 0 Å². The van der Waals surface area contributed by atoms with Crippen LogP contribution in [0.15, 0.2) is 51.8 Å². The van der Waals surface area contributed by atoms with Crippen molar-refractivity contribution in [3.8, 4) is 11.1 Å². The fourth-order valence-electron chi connectivity index (χ4n) is 1.53. The second kappa shape index (κ2) is 5.26. The molecule has 2 rings (SSSR count). The van der Waals surface area contributed by atoms with Gasteiger partial charge in [-0.15, -0.1) is 11.8 Å². The summed E-state index contributed by atoms with van der Waals surface area (Å²) in [7, 11) is 0. The molecule has 0 aromatic heterocycles. The lowest BCUT2D eigenvalue weighted by molar-refractivity contribution is 1.41. The number of hydrogen-bond acceptors (Lipinski definition) is 1. The molecule has 0 nitrogen and oxygen atoms in total. The van der Waals surface area contributed by atoms with E-state index in [4.69, 9.17) is 11.6 Å². The zero-order valence-corrected chi connectivity index (χ0v) is 11.9. The molecule has 0 amide bonds. The summed E-state index contributed by atoms with van der Waals surface area (Å²) in [4.78, 5) is 1.23. The van der Waals surface area contributed by atoms with Gasteiger partial charge in [-0.25, -0.2) is 0 Å². The molecule has 3 heteroatoms. The van der Waals surface area contributed by atoms with Crippen molar-refractivity contribution in [3.05, 3.63) is 52.0 Å². The summed E-state index contributed by atoms with van der Waals surface area (Å²) < 4.78 is 1.11. The molecule has 2 aromatic rings. The van der Waals surface area contributed by atoms with Gasteiger partial charge < -0.3 is 0 Å². The average Bonchev–Trinajstić information content (AvgIpc) is 2.29. The fraction of sp³-hybridized carbons (Fsp3) is 0.0769. The van der Waals surface area contributed by atoms with Gasteiger partial charge in [0.05, 0.1) is 0 Å². The predicted molar refractivity (Wildman–Crippen MR) is 76.4 cm³/mol. The van der Waals surface area contributed by atoms with E-state index in [9.17, 15) is 0 Å². The Morgan fingerprint density at radius 3 is 2.50 bits per heavy atom. The van der Waals surface area contributed by atoms with Crippen LogP contribution in [-0.4, -0.2) is 6.26 Å². The molecule has 0 fully saturated rings. The molecule has 0 bridgehead atoms. The third-order valence-electron chi connectivity index (χ3n) is 2.34. The minimum absolute atomic E-state index is 0.784. The molecule has 2 aromatic carbocycles. The summed E-state index contributed by atoms with van der Waals surface area (Å²) in [6.45, 7) is 0. The van der Waals surface area contributed by atoms with Crippen LogP contribution in [0.3, 0.4) is 0 Å². The highest BCUT2D eigenvalue weighted by molar-refractivity contribution is 9.10. The molecule has 82 valence electrons. The lowest BCUT2D eigenvalue weighted by Gasteiger charge is -2.07. The highest BCUT2D eigenvalue weighted by Gasteiger charge is 2.05. The Morgan fingerprint density at radius 1 is 1.12 bits per heavy atom. The summed E-state index contributed by atoms with van der Waals surface area (Å²) >= 11 is 11.5. The monoisotopic (exact) mass is 312 g/mol.